The molecular formula is C87H54. The van der Waals surface area contributed by atoms with Crippen molar-refractivity contribution in [3.8, 4) is 100 Å². The third kappa shape index (κ3) is 6.21. The number of hydrogen-bond acceptors (Lipinski definition) is 0. The van der Waals surface area contributed by atoms with Gasteiger partial charge in [-0.3, -0.25) is 0 Å². The van der Waals surface area contributed by atoms with Crippen LogP contribution < -0.4 is 0 Å². The molecule has 14 aromatic carbocycles. The fourth-order valence-electron chi connectivity index (χ4n) is 17.4. The van der Waals surface area contributed by atoms with Gasteiger partial charge < -0.3 is 0 Å². The minimum Gasteiger partial charge on any atom is -0.0622 e. The lowest BCUT2D eigenvalue weighted by atomic mass is 9.66. The highest BCUT2D eigenvalue weighted by Crippen LogP contribution is 2.67. The lowest BCUT2D eigenvalue weighted by Crippen LogP contribution is -2.28. The van der Waals surface area contributed by atoms with Gasteiger partial charge in [0.05, 0.1) is 16.2 Å². The maximum absolute atomic E-state index is 2.52. The molecule has 402 valence electrons. The Labute approximate surface area is 507 Å². The summed E-state index contributed by atoms with van der Waals surface area (Å²) < 4.78 is 0. The van der Waals surface area contributed by atoms with Crippen LogP contribution in [0.2, 0.25) is 0 Å². The molecule has 0 saturated heterocycles. The minimum atomic E-state index is -0.712. The van der Waals surface area contributed by atoms with Crippen LogP contribution >= 0.6 is 0 Å². The van der Waals surface area contributed by atoms with E-state index in [1.165, 1.54) is 167 Å². The van der Waals surface area contributed by atoms with Crippen LogP contribution in [0.1, 0.15) is 66.8 Å². The summed E-state index contributed by atoms with van der Waals surface area (Å²) >= 11 is 0. The predicted molar refractivity (Wildman–Crippen MR) is 358 cm³/mol. The van der Waals surface area contributed by atoms with Gasteiger partial charge in [0.25, 0.3) is 0 Å². The van der Waals surface area contributed by atoms with E-state index in [-0.39, 0.29) is 0 Å². The van der Waals surface area contributed by atoms with Crippen LogP contribution in [0.5, 0.6) is 0 Å². The van der Waals surface area contributed by atoms with Crippen molar-refractivity contribution in [1.29, 1.82) is 0 Å². The van der Waals surface area contributed by atoms with E-state index < -0.39 is 16.2 Å². The van der Waals surface area contributed by atoms with Crippen molar-refractivity contribution in [2.24, 2.45) is 0 Å². The lowest BCUT2D eigenvalue weighted by Gasteiger charge is -2.35. The Morgan fingerprint density at radius 3 is 0.805 bits per heavy atom. The first-order valence-electron chi connectivity index (χ1n) is 30.6. The van der Waals surface area contributed by atoms with Crippen LogP contribution in [0.15, 0.2) is 328 Å². The molecule has 0 heterocycles. The summed E-state index contributed by atoms with van der Waals surface area (Å²) in [6, 6.07) is 125. The molecule has 0 unspecified atom stereocenters. The van der Waals surface area contributed by atoms with Gasteiger partial charge in [0.2, 0.25) is 0 Å². The summed E-state index contributed by atoms with van der Waals surface area (Å²) in [4.78, 5) is 0. The largest absolute Gasteiger partial charge is 0.0725 e. The lowest BCUT2D eigenvalue weighted by molar-refractivity contribution is 0.769. The molecule has 0 radical (unpaired) electrons. The Morgan fingerprint density at radius 1 is 0.138 bits per heavy atom. The summed E-state index contributed by atoms with van der Waals surface area (Å²) in [5, 5.41) is 0. The molecule has 0 heteroatoms. The van der Waals surface area contributed by atoms with Crippen LogP contribution in [0.4, 0.5) is 0 Å². The van der Waals surface area contributed by atoms with E-state index in [9.17, 15) is 0 Å². The molecule has 19 rings (SSSR count). The van der Waals surface area contributed by atoms with Crippen LogP contribution in [0, 0.1) is 0 Å². The van der Waals surface area contributed by atoms with E-state index in [4.69, 9.17) is 0 Å². The van der Waals surface area contributed by atoms with Crippen molar-refractivity contribution in [3.63, 3.8) is 0 Å². The Morgan fingerprint density at radius 2 is 0.414 bits per heavy atom. The molecule has 0 atom stereocenters. The average Bonchev–Trinajstić information content (AvgIpc) is 1.55. The molecule has 0 saturated carbocycles. The number of benzene rings is 14. The Kier molecular flexibility index (Phi) is 10.1. The second-order valence-corrected chi connectivity index (χ2v) is 24.4. The molecule has 0 nitrogen and oxygen atoms in total. The van der Waals surface area contributed by atoms with Crippen LogP contribution in [-0.2, 0) is 16.2 Å². The van der Waals surface area contributed by atoms with E-state index >= 15 is 0 Å². The molecule has 0 aliphatic heterocycles. The Hall–Kier alpha value is -10.9. The first-order chi connectivity index (χ1) is 43.2. The standard InChI is InChI=1S/C87H54/c1-3-23-55(24-4-1)59-53-71(56-25-5-2-6-26-56)84-68-31-11-18-40-76(68)85(81(84)54-59,60-49-45-57(46-50-60)62-34-21-43-79-82(62)69-32-12-19-41-77(69)86(79)72-36-14-7-27-64(72)65-28-8-15-37-73(65)86)61-51-47-58(48-52-61)63-35-22-44-80-83(63)70-33-13-20-42-78(70)87(80)74-38-16-9-29-66(74)67-30-10-17-39-75(67)87/h1-54H. The maximum atomic E-state index is 2.52. The predicted octanol–water partition coefficient (Wildman–Crippen LogP) is 21.4. The van der Waals surface area contributed by atoms with Gasteiger partial charge in [0, 0.05) is 0 Å². The quantitative estimate of drug-likeness (QED) is 0.156. The fourth-order valence-corrected chi connectivity index (χ4v) is 17.4. The summed E-state index contributed by atoms with van der Waals surface area (Å²) in [7, 11) is 0. The summed E-state index contributed by atoms with van der Waals surface area (Å²) in [5.74, 6) is 0. The van der Waals surface area contributed by atoms with Gasteiger partial charge in [-0.15, -0.1) is 0 Å². The van der Waals surface area contributed by atoms with Gasteiger partial charge in [0.15, 0.2) is 0 Å². The SMILES string of the molecule is c1ccc(-c2cc(-c3ccccc3)c3c(c2)C(c2ccc(-c4cccc5c4-c4ccccc4C54c5ccccc5-c5ccccc54)cc2)(c2ccc(-c4cccc5c4-c4ccccc4C54c5ccccc5-c5ccccc54)cc2)c2ccccc2-3)cc1. The third-order valence-corrected chi connectivity index (χ3v) is 20.6. The molecular weight excluding hydrogens is 1040 g/mol. The highest BCUT2D eigenvalue weighted by Gasteiger charge is 2.54. The number of rotatable bonds is 6. The molecule has 87 heavy (non-hydrogen) atoms. The summed E-state index contributed by atoms with van der Waals surface area (Å²) in [6.45, 7) is 0. The van der Waals surface area contributed by atoms with Crippen molar-refractivity contribution in [2.75, 3.05) is 0 Å². The van der Waals surface area contributed by atoms with Crippen molar-refractivity contribution < 1.29 is 0 Å². The second-order valence-electron chi connectivity index (χ2n) is 24.4. The maximum Gasteiger partial charge on any atom is 0.0725 e. The average molecular weight is 1100 g/mol. The highest BCUT2D eigenvalue weighted by atomic mass is 14.6. The molecule has 14 aromatic rings. The third-order valence-electron chi connectivity index (χ3n) is 20.6. The molecule has 0 fully saturated rings. The first-order valence-corrected chi connectivity index (χ1v) is 30.6. The first kappa shape index (κ1) is 48.5. The number of fused-ring (bicyclic) bond motifs is 23. The van der Waals surface area contributed by atoms with Crippen molar-refractivity contribution >= 4 is 0 Å². The zero-order valence-electron chi connectivity index (χ0n) is 47.7. The van der Waals surface area contributed by atoms with E-state index in [0.29, 0.717) is 0 Å². The van der Waals surface area contributed by atoms with E-state index in [2.05, 4.69) is 328 Å². The van der Waals surface area contributed by atoms with E-state index in [0.717, 1.165) is 0 Å². The van der Waals surface area contributed by atoms with Gasteiger partial charge >= 0.3 is 0 Å². The van der Waals surface area contributed by atoms with Crippen LogP contribution in [0.25, 0.3) is 100 Å². The number of hydrogen-bond donors (Lipinski definition) is 0. The van der Waals surface area contributed by atoms with E-state index in [1.54, 1.807) is 0 Å². The molecule has 5 aliphatic carbocycles. The zero-order valence-corrected chi connectivity index (χ0v) is 47.7. The van der Waals surface area contributed by atoms with Gasteiger partial charge in [-0.25, -0.2) is 0 Å². The second kappa shape index (κ2) is 18.1. The van der Waals surface area contributed by atoms with Crippen LogP contribution in [-0.4, -0.2) is 0 Å². The van der Waals surface area contributed by atoms with Gasteiger partial charge in [0.1, 0.15) is 0 Å². The molecule has 0 N–H and O–H groups in total. The van der Waals surface area contributed by atoms with Gasteiger partial charge in [-0.05, 0) is 179 Å². The fraction of sp³-hybridized carbons (Fsp3) is 0.0345. The molecule has 0 aromatic heterocycles. The van der Waals surface area contributed by atoms with Gasteiger partial charge in [-0.1, -0.05) is 315 Å². The Bertz CT molecular complexity index is 4870. The smallest absolute Gasteiger partial charge is 0.0622 e. The summed E-state index contributed by atoms with van der Waals surface area (Å²) in [5.41, 5.74) is 37.1. The monoisotopic (exact) mass is 1100 g/mol. The minimum absolute atomic E-state index is 0.423. The van der Waals surface area contributed by atoms with Crippen LogP contribution in [0.3, 0.4) is 0 Å². The highest BCUT2D eigenvalue weighted by molar-refractivity contribution is 6.03. The van der Waals surface area contributed by atoms with Crippen molar-refractivity contribution in [3.05, 3.63) is 394 Å². The Balaban J connectivity index is 0.834. The van der Waals surface area contributed by atoms with Gasteiger partial charge in [-0.2, -0.15) is 0 Å². The molecule has 0 amide bonds. The topological polar surface area (TPSA) is 0 Å². The summed E-state index contributed by atoms with van der Waals surface area (Å²) in [6.07, 6.45) is 0. The molecule has 2 spiro atoms. The molecule has 0 bridgehead atoms. The van der Waals surface area contributed by atoms with Crippen molar-refractivity contribution in [1.82, 2.24) is 0 Å². The van der Waals surface area contributed by atoms with E-state index in [1.807, 2.05) is 0 Å². The zero-order chi connectivity index (χ0) is 57.0. The normalized spacial score (nSPS) is 14.5. The molecule has 5 aliphatic rings. The van der Waals surface area contributed by atoms with Crippen molar-refractivity contribution in [2.45, 2.75) is 16.2 Å².